The molecule has 1 unspecified atom stereocenters. The smallest absolute Gasteiger partial charge is 0.267 e. The summed E-state index contributed by atoms with van der Waals surface area (Å²) in [5.41, 5.74) is 3.36. The number of aryl methyl sites for hydroxylation is 1. The summed E-state index contributed by atoms with van der Waals surface area (Å²) in [7, 11) is 3.88. The maximum atomic E-state index is 12.5. The summed E-state index contributed by atoms with van der Waals surface area (Å²) < 4.78 is 1.68. The van der Waals surface area contributed by atoms with E-state index in [1.807, 2.05) is 43.2 Å². The molecule has 0 saturated carbocycles. The number of aromatic nitrogens is 4. The third-order valence-corrected chi connectivity index (χ3v) is 6.27. The molecule has 0 spiro atoms. The van der Waals surface area contributed by atoms with Gasteiger partial charge in [0.2, 0.25) is 5.95 Å². The van der Waals surface area contributed by atoms with Crippen LogP contribution >= 0.6 is 11.8 Å². The first-order chi connectivity index (χ1) is 13.1. The van der Waals surface area contributed by atoms with Crippen molar-refractivity contribution in [3.63, 3.8) is 0 Å². The Labute approximate surface area is 163 Å². The summed E-state index contributed by atoms with van der Waals surface area (Å²) in [5.74, 6) is 2.73. The first-order valence-corrected chi connectivity index (χ1v) is 10.7. The topological polar surface area (TPSA) is 67.2 Å². The number of hydrogen-bond acceptors (Lipinski definition) is 7. The number of likely N-dealkylation sites (tertiary alicyclic amines) is 1. The van der Waals surface area contributed by atoms with Gasteiger partial charge in [-0.3, -0.25) is 9.69 Å². The van der Waals surface area contributed by atoms with E-state index < -0.39 is 0 Å². The van der Waals surface area contributed by atoms with Crippen molar-refractivity contribution < 1.29 is 0 Å². The number of nitrogens with zero attached hydrogens (tertiary/aromatic N) is 6. The molecule has 7 nitrogen and oxygen atoms in total. The fraction of sp³-hybridized carbons (Fsp3) is 0.579. The van der Waals surface area contributed by atoms with Gasteiger partial charge in [-0.2, -0.15) is 16.9 Å². The molecule has 2 aliphatic rings. The van der Waals surface area contributed by atoms with E-state index in [4.69, 9.17) is 0 Å². The molecule has 1 atom stereocenters. The van der Waals surface area contributed by atoms with Crippen molar-refractivity contribution in [1.82, 2.24) is 24.6 Å². The standard InChI is InChI=1S/C19H26N6OS/c1-23(2)19-20-9-14(10-21-19)11-24-6-3-4-16(24)12-25-18(26)8-15-13-27-7-5-17(15)22-25/h8-10,16H,3-7,11-13H2,1-2H3. The zero-order valence-corrected chi connectivity index (χ0v) is 16.8. The Hall–Kier alpha value is -1.93. The van der Waals surface area contributed by atoms with E-state index >= 15 is 0 Å². The molecule has 2 aromatic rings. The molecule has 2 aromatic heterocycles. The largest absolute Gasteiger partial charge is 0.347 e. The molecular weight excluding hydrogens is 360 g/mol. The first-order valence-electron chi connectivity index (χ1n) is 9.50. The second kappa shape index (κ2) is 7.98. The number of hydrogen-bond donors (Lipinski definition) is 0. The quantitative estimate of drug-likeness (QED) is 0.772. The molecule has 0 N–H and O–H groups in total. The lowest BCUT2D eigenvalue weighted by Crippen LogP contribution is -2.37. The van der Waals surface area contributed by atoms with Crippen LogP contribution < -0.4 is 10.5 Å². The van der Waals surface area contributed by atoms with Crippen molar-refractivity contribution in [3.05, 3.63) is 45.6 Å². The van der Waals surface area contributed by atoms with Crippen molar-refractivity contribution in [2.75, 3.05) is 31.3 Å². The maximum absolute atomic E-state index is 12.5. The summed E-state index contributed by atoms with van der Waals surface area (Å²) in [6.07, 6.45) is 7.01. The Balaban J connectivity index is 1.46. The van der Waals surface area contributed by atoms with Crippen molar-refractivity contribution in [3.8, 4) is 0 Å². The Morgan fingerprint density at radius 2 is 2.11 bits per heavy atom. The Bertz CT molecular complexity index is 850. The fourth-order valence-electron chi connectivity index (χ4n) is 3.79. The average molecular weight is 387 g/mol. The molecule has 0 radical (unpaired) electrons. The van der Waals surface area contributed by atoms with Crippen LogP contribution in [0.4, 0.5) is 5.95 Å². The lowest BCUT2D eigenvalue weighted by molar-refractivity contribution is 0.216. The second-order valence-electron chi connectivity index (χ2n) is 7.49. The number of anilines is 1. The summed E-state index contributed by atoms with van der Waals surface area (Å²) in [6.45, 7) is 2.51. The van der Waals surface area contributed by atoms with Gasteiger partial charge in [0.25, 0.3) is 5.56 Å². The molecule has 1 fully saturated rings. The predicted molar refractivity (Wildman–Crippen MR) is 108 cm³/mol. The number of thioether (sulfide) groups is 1. The minimum atomic E-state index is 0.0294. The molecule has 2 aliphatic heterocycles. The van der Waals surface area contributed by atoms with E-state index in [2.05, 4.69) is 20.0 Å². The highest BCUT2D eigenvalue weighted by molar-refractivity contribution is 7.98. The highest BCUT2D eigenvalue weighted by atomic mass is 32.2. The summed E-state index contributed by atoms with van der Waals surface area (Å²) in [5, 5.41) is 4.68. The van der Waals surface area contributed by atoms with E-state index in [0.717, 1.165) is 66.6 Å². The molecule has 0 aliphatic carbocycles. The van der Waals surface area contributed by atoms with Crippen LogP contribution in [-0.2, 0) is 25.3 Å². The third kappa shape index (κ3) is 4.16. The van der Waals surface area contributed by atoms with Gasteiger partial charge in [0.05, 0.1) is 12.2 Å². The van der Waals surface area contributed by atoms with E-state index in [0.29, 0.717) is 12.6 Å². The zero-order chi connectivity index (χ0) is 18.8. The Kier molecular flexibility index (Phi) is 5.45. The van der Waals surface area contributed by atoms with Gasteiger partial charge < -0.3 is 4.90 Å². The van der Waals surface area contributed by atoms with Crippen molar-refractivity contribution in [1.29, 1.82) is 0 Å². The van der Waals surface area contributed by atoms with Gasteiger partial charge >= 0.3 is 0 Å². The SMILES string of the molecule is CN(C)c1ncc(CN2CCCC2Cn2nc3c(cc2=O)CSCC3)cn1. The van der Waals surface area contributed by atoms with Gasteiger partial charge in [-0.1, -0.05) is 0 Å². The lowest BCUT2D eigenvalue weighted by atomic mass is 10.2. The van der Waals surface area contributed by atoms with Crippen molar-refractivity contribution in [2.45, 2.75) is 44.1 Å². The van der Waals surface area contributed by atoms with Gasteiger partial charge in [-0.15, -0.1) is 0 Å². The van der Waals surface area contributed by atoms with Gasteiger partial charge in [0.1, 0.15) is 0 Å². The van der Waals surface area contributed by atoms with E-state index in [9.17, 15) is 4.79 Å². The molecule has 27 heavy (non-hydrogen) atoms. The number of fused-ring (bicyclic) bond motifs is 1. The van der Waals surface area contributed by atoms with Crippen LogP contribution in [0.25, 0.3) is 0 Å². The molecule has 0 bridgehead atoms. The van der Waals surface area contributed by atoms with Crippen LogP contribution in [0.1, 0.15) is 29.7 Å². The predicted octanol–water partition coefficient (Wildman–Crippen LogP) is 1.55. The molecule has 0 amide bonds. The van der Waals surface area contributed by atoms with Gasteiger partial charge in [0, 0.05) is 62.9 Å². The normalized spacial score (nSPS) is 19.9. The van der Waals surface area contributed by atoms with Crippen molar-refractivity contribution in [2.24, 2.45) is 0 Å². The van der Waals surface area contributed by atoms with E-state index in [1.54, 1.807) is 10.7 Å². The molecule has 144 valence electrons. The average Bonchev–Trinajstić information content (AvgIpc) is 3.09. The van der Waals surface area contributed by atoms with Crippen LogP contribution in [0, 0.1) is 0 Å². The molecule has 0 aromatic carbocycles. The van der Waals surface area contributed by atoms with Gasteiger partial charge in [-0.25, -0.2) is 14.6 Å². The van der Waals surface area contributed by atoms with Crippen molar-refractivity contribution >= 4 is 17.7 Å². The summed E-state index contributed by atoms with van der Waals surface area (Å²) >= 11 is 1.88. The zero-order valence-electron chi connectivity index (χ0n) is 16.0. The minimum Gasteiger partial charge on any atom is -0.347 e. The van der Waals surface area contributed by atoms with Crippen LogP contribution in [0.15, 0.2) is 23.3 Å². The Morgan fingerprint density at radius 3 is 2.89 bits per heavy atom. The third-order valence-electron chi connectivity index (χ3n) is 5.27. The molecule has 8 heteroatoms. The summed E-state index contributed by atoms with van der Waals surface area (Å²) in [4.78, 5) is 25.6. The van der Waals surface area contributed by atoms with E-state index in [1.165, 1.54) is 0 Å². The molecular formula is C19H26N6OS. The highest BCUT2D eigenvalue weighted by Crippen LogP contribution is 2.23. The number of rotatable bonds is 5. The lowest BCUT2D eigenvalue weighted by Gasteiger charge is -2.25. The van der Waals surface area contributed by atoms with Gasteiger partial charge in [-0.05, 0) is 30.7 Å². The fourth-order valence-corrected chi connectivity index (χ4v) is 4.74. The Morgan fingerprint density at radius 1 is 1.30 bits per heavy atom. The van der Waals surface area contributed by atoms with Crippen LogP contribution in [0.5, 0.6) is 0 Å². The van der Waals surface area contributed by atoms with E-state index in [-0.39, 0.29) is 5.56 Å². The van der Waals surface area contributed by atoms with Crippen LogP contribution in [0.3, 0.4) is 0 Å². The highest BCUT2D eigenvalue weighted by Gasteiger charge is 2.26. The molecule has 4 rings (SSSR count). The minimum absolute atomic E-state index is 0.0294. The first kappa shape index (κ1) is 18.4. The van der Waals surface area contributed by atoms with Crippen LogP contribution in [-0.4, -0.2) is 57.1 Å². The molecule has 4 heterocycles. The maximum Gasteiger partial charge on any atom is 0.267 e. The second-order valence-corrected chi connectivity index (χ2v) is 8.60. The molecule has 1 saturated heterocycles. The monoisotopic (exact) mass is 386 g/mol. The summed E-state index contributed by atoms with van der Waals surface area (Å²) in [6, 6.07) is 2.13. The van der Waals surface area contributed by atoms with Gasteiger partial charge in [0.15, 0.2) is 0 Å². The van der Waals surface area contributed by atoms with Crippen LogP contribution in [0.2, 0.25) is 0 Å².